The van der Waals surface area contributed by atoms with Gasteiger partial charge in [-0.2, -0.15) is 0 Å². The normalized spacial score (nSPS) is 19.4. The lowest BCUT2D eigenvalue weighted by molar-refractivity contribution is -0.118. The zero-order valence-corrected chi connectivity index (χ0v) is 13.7. The third kappa shape index (κ3) is 4.14. The fourth-order valence-electron chi connectivity index (χ4n) is 2.78. The van der Waals surface area contributed by atoms with Gasteiger partial charge < -0.3 is 15.7 Å². The van der Waals surface area contributed by atoms with Gasteiger partial charge in [0.15, 0.2) is 0 Å². The third-order valence-corrected chi connectivity index (χ3v) is 4.00. The Morgan fingerprint density at radius 1 is 1.00 bits per heavy atom. The number of hydrogen-bond donors (Lipinski definition) is 5. The van der Waals surface area contributed by atoms with Gasteiger partial charge in [-0.25, -0.2) is 10.9 Å². The lowest BCUT2D eigenvalue weighted by atomic mass is 10.0. The number of carbonyl (C=O) groups is 2. The number of amides is 2. The van der Waals surface area contributed by atoms with Crippen molar-refractivity contribution in [3.63, 3.8) is 0 Å². The van der Waals surface area contributed by atoms with Gasteiger partial charge in [0.05, 0.1) is 6.04 Å². The molecule has 25 heavy (non-hydrogen) atoms. The van der Waals surface area contributed by atoms with Crippen molar-refractivity contribution < 1.29 is 14.7 Å². The van der Waals surface area contributed by atoms with Crippen LogP contribution in [0, 0.1) is 0 Å². The summed E-state index contributed by atoms with van der Waals surface area (Å²) in [4.78, 5) is 23.4. The Morgan fingerprint density at radius 3 is 2.28 bits per heavy atom. The van der Waals surface area contributed by atoms with Crippen LogP contribution in [0.3, 0.4) is 0 Å². The van der Waals surface area contributed by atoms with Crippen LogP contribution in [-0.4, -0.2) is 23.0 Å². The molecule has 2 atom stereocenters. The average molecular weight is 340 g/mol. The second-order valence-corrected chi connectivity index (χ2v) is 5.94. The van der Waals surface area contributed by atoms with Crippen molar-refractivity contribution in [1.29, 1.82) is 0 Å². The zero-order chi connectivity index (χ0) is 17.8. The summed E-state index contributed by atoms with van der Waals surface area (Å²) in [6, 6.07) is 13.4. The molecule has 2 aromatic rings. The molecule has 3 rings (SSSR count). The lowest BCUT2D eigenvalue weighted by Gasteiger charge is -2.12. The van der Waals surface area contributed by atoms with Crippen LogP contribution in [0.2, 0.25) is 0 Å². The number of rotatable bonds is 4. The first kappa shape index (κ1) is 16.9. The number of phenolic OH excluding ortho intramolecular Hbond substituents is 1. The van der Waals surface area contributed by atoms with E-state index in [2.05, 4.69) is 21.5 Å². The number of anilines is 2. The molecule has 1 aliphatic rings. The Balaban J connectivity index is 1.59. The van der Waals surface area contributed by atoms with Crippen molar-refractivity contribution in [2.45, 2.75) is 25.4 Å². The molecule has 1 aliphatic heterocycles. The summed E-state index contributed by atoms with van der Waals surface area (Å²) in [6.45, 7) is 1.44. The summed E-state index contributed by atoms with van der Waals surface area (Å²) in [7, 11) is 0. The fraction of sp³-hybridized carbons (Fsp3) is 0.222. The SMILES string of the molecule is CC(=O)Nc1ccc(NC(=O)C2CC(c3ccccc3O)NN2)cc1. The maximum absolute atomic E-state index is 12.4. The highest BCUT2D eigenvalue weighted by Crippen LogP contribution is 2.29. The van der Waals surface area contributed by atoms with Gasteiger partial charge in [-0.3, -0.25) is 9.59 Å². The van der Waals surface area contributed by atoms with Crippen molar-refractivity contribution in [3.8, 4) is 5.75 Å². The van der Waals surface area contributed by atoms with E-state index in [4.69, 9.17) is 0 Å². The molecular formula is C18H20N4O3. The van der Waals surface area contributed by atoms with Gasteiger partial charge >= 0.3 is 0 Å². The van der Waals surface area contributed by atoms with E-state index in [0.29, 0.717) is 17.8 Å². The number of aromatic hydroxyl groups is 1. The van der Waals surface area contributed by atoms with Gasteiger partial charge in [-0.15, -0.1) is 0 Å². The van der Waals surface area contributed by atoms with E-state index in [-0.39, 0.29) is 23.6 Å². The molecule has 0 aliphatic carbocycles. The molecule has 1 fully saturated rings. The Kier molecular flexibility index (Phi) is 4.97. The number of para-hydroxylation sites is 1. The van der Waals surface area contributed by atoms with Gasteiger partial charge in [0.25, 0.3) is 0 Å². The van der Waals surface area contributed by atoms with Gasteiger partial charge in [0.1, 0.15) is 11.8 Å². The Bertz CT molecular complexity index is 776. The maximum Gasteiger partial charge on any atom is 0.242 e. The van der Waals surface area contributed by atoms with Crippen molar-refractivity contribution >= 4 is 23.2 Å². The van der Waals surface area contributed by atoms with E-state index in [1.54, 1.807) is 36.4 Å². The largest absolute Gasteiger partial charge is 0.508 e. The van der Waals surface area contributed by atoms with Crippen LogP contribution in [0.5, 0.6) is 5.75 Å². The summed E-state index contributed by atoms with van der Waals surface area (Å²) in [5.41, 5.74) is 8.07. The van der Waals surface area contributed by atoms with Crippen molar-refractivity contribution in [1.82, 2.24) is 10.9 Å². The summed E-state index contributed by atoms with van der Waals surface area (Å²) in [5.74, 6) is -0.109. The topological polar surface area (TPSA) is 102 Å². The quantitative estimate of drug-likeness (QED) is 0.585. The molecule has 0 radical (unpaired) electrons. The third-order valence-electron chi connectivity index (χ3n) is 4.00. The van der Waals surface area contributed by atoms with Crippen LogP contribution in [-0.2, 0) is 9.59 Å². The van der Waals surface area contributed by atoms with Crippen LogP contribution < -0.4 is 21.5 Å². The molecule has 0 saturated carbocycles. The van der Waals surface area contributed by atoms with Crippen LogP contribution >= 0.6 is 0 Å². The van der Waals surface area contributed by atoms with Crippen LogP contribution in [0.15, 0.2) is 48.5 Å². The lowest BCUT2D eigenvalue weighted by Crippen LogP contribution is -2.39. The van der Waals surface area contributed by atoms with E-state index >= 15 is 0 Å². The first-order chi connectivity index (χ1) is 12.0. The molecule has 0 spiro atoms. The first-order valence-corrected chi connectivity index (χ1v) is 8.00. The van der Waals surface area contributed by atoms with Crippen molar-refractivity contribution in [2.75, 3.05) is 10.6 Å². The number of hydrazine groups is 1. The molecule has 5 N–H and O–H groups in total. The molecule has 2 amide bonds. The van der Waals surface area contributed by atoms with E-state index in [1.807, 2.05) is 12.1 Å². The van der Waals surface area contributed by atoms with Gasteiger partial charge in [-0.05, 0) is 36.8 Å². The van der Waals surface area contributed by atoms with Crippen LogP contribution in [0.25, 0.3) is 0 Å². The maximum atomic E-state index is 12.4. The number of carbonyl (C=O) groups excluding carboxylic acids is 2. The van der Waals surface area contributed by atoms with Crippen LogP contribution in [0.4, 0.5) is 11.4 Å². The summed E-state index contributed by atoms with van der Waals surface area (Å²) in [5, 5.41) is 15.4. The minimum atomic E-state index is -0.417. The number of phenols is 1. The smallest absolute Gasteiger partial charge is 0.242 e. The average Bonchev–Trinajstić information content (AvgIpc) is 3.06. The predicted octanol–water partition coefficient (Wildman–Crippen LogP) is 1.90. The van der Waals surface area contributed by atoms with Crippen LogP contribution in [0.1, 0.15) is 24.9 Å². The minimum Gasteiger partial charge on any atom is -0.508 e. The van der Waals surface area contributed by atoms with Crippen molar-refractivity contribution in [2.24, 2.45) is 0 Å². The van der Waals surface area contributed by atoms with E-state index in [1.165, 1.54) is 6.92 Å². The standard InChI is InChI=1S/C18H20N4O3/c1-11(23)19-12-6-8-13(9-7-12)20-18(25)16-10-15(21-22-16)14-4-2-3-5-17(14)24/h2-9,15-16,21-22,24H,10H2,1H3,(H,19,23)(H,20,25). The van der Waals surface area contributed by atoms with Gasteiger partial charge in [-0.1, -0.05) is 18.2 Å². The fourth-order valence-corrected chi connectivity index (χ4v) is 2.78. The van der Waals surface area contributed by atoms with Crippen molar-refractivity contribution in [3.05, 3.63) is 54.1 Å². The number of benzene rings is 2. The highest BCUT2D eigenvalue weighted by Gasteiger charge is 2.31. The second-order valence-electron chi connectivity index (χ2n) is 5.94. The molecule has 7 heteroatoms. The Labute approximate surface area is 145 Å². The minimum absolute atomic E-state index is 0.140. The summed E-state index contributed by atoms with van der Waals surface area (Å²) < 4.78 is 0. The van der Waals surface area contributed by atoms with E-state index in [0.717, 1.165) is 5.56 Å². The zero-order valence-electron chi connectivity index (χ0n) is 13.7. The number of nitrogens with one attached hydrogen (secondary N) is 4. The molecule has 130 valence electrons. The first-order valence-electron chi connectivity index (χ1n) is 8.00. The summed E-state index contributed by atoms with van der Waals surface area (Å²) >= 11 is 0. The molecule has 1 heterocycles. The van der Waals surface area contributed by atoms with Gasteiger partial charge in [0.2, 0.25) is 11.8 Å². The molecule has 7 nitrogen and oxygen atoms in total. The van der Waals surface area contributed by atoms with E-state index < -0.39 is 6.04 Å². The molecular weight excluding hydrogens is 320 g/mol. The molecule has 0 aromatic heterocycles. The molecule has 0 bridgehead atoms. The highest BCUT2D eigenvalue weighted by molar-refractivity contribution is 5.95. The Hall–Kier alpha value is -2.90. The monoisotopic (exact) mass is 340 g/mol. The Morgan fingerprint density at radius 2 is 1.64 bits per heavy atom. The summed E-state index contributed by atoms with van der Waals surface area (Å²) in [6.07, 6.45) is 0.521. The second kappa shape index (κ2) is 7.33. The van der Waals surface area contributed by atoms with Gasteiger partial charge in [0, 0.05) is 23.9 Å². The molecule has 2 aromatic carbocycles. The molecule has 1 saturated heterocycles. The van der Waals surface area contributed by atoms with E-state index in [9.17, 15) is 14.7 Å². The highest BCUT2D eigenvalue weighted by atomic mass is 16.3. The number of hydrogen-bond acceptors (Lipinski definition) is 5. The molecule has 2 unspecified atom stereocenters. The predicted molar refractivity (Wildman–Crippen MR) is 94.9 cm³/mol.